The Bertz CT molecular complexity index is 667. The van der Waals surface area contributed by atoms with Gasteiger partial charge < -0.3 is 20.7 Å². The van der Waals surface area contributed by atoms with Gasteiger partial charge >= 0.3 is 6.09 Å². The van der Waals surface area contributed by atoms with Crippen molar-refractivity contribution in [2.75, 3.05) is 18.0 Å². The highest BCUT2D eigenvalue weighted by Gasteiger charge is 2.25. The summed E-state index contributed by atoms with van der Waals surface area (Å²) in [5.74, 6) is -0.572. The van der Waals surface area contributed by atoms with E-state index in [1.54, 1.807) is 12.1 Å². The van der Waals surface area contributed by atoms with Crippen molar-refractivity contribution < 1.29 is 19.1 Å². The molecule has 0 aromatic heterocycles. The van der Waals surface area contributed by atoms with Crippen molar-refractivity contribution in [3.63, 3.8) is 0 Å². The van der Waals surface area contributed by atoms with Crippen LogP contribution in [0.4, 0.5) is 10.5 Å². The highest BCUT2D eigenvalue weighted by molar-refractivity contribution is 5.96. The summed E-state index contributed by atoms with van der Waals surface area (Å²) in [5.41, 5.74) is 6.16. The third-order valence-corrected chi connectivity index (χ3v) is 3.92. The third-order valence-electron chi connectivity index (χ3n) is 3.92. The minimum absolute atomic E-state index is 0.0704. The van der Waals surface area contributed by atoms with E-state index < -0.39 is 17.6 Å². The highest BCUT2D eigenvalue weighted by atomic mass is 16.6. The molecule has 7 nitrogen and oxygen atoms in total. The van der Waals surface area contributed by atoms with E-state index in [2.05, 4.69) is 5.32 Å². The van der Waals surface area contributed by atoms with Gasteiger partial charge in [-0.3, -0.25) is 9.59 Å². The largest absolute Gasteiger partial charge is 0.444 e. The molecule has 3 N–H and O–H groups in total. The van der Waals surface area contributed by atoms with Gasteiger partial charge in [-0.25, -0.2) is 4.79 Å². The highest BCUT2D eigenvalue weighted by Crippen LogP contribution is 2.24. The summed E-state index contributed by atoms with van der Waals surface area (Å²) in [5, 5.41) is 2.88. The minimum Gasteiger partial charge on any atom is -0.444 e. The topological polar surface area (TPSA) is 102 Å². The first-order chi connectivity index (χ1) is 11.7. The van der Waals surface area contributed by atoms with Gasteiger partial charge in [0, 0.05) is 35.9 Å². The number of piperidine rings is 1. The average molecular weight is 347 g/mol. The zero-order valence-electron chi connectivity index (χ0n) is 14.9. The van der Waals surface area contributed by atoms with Gasteiger partial charge in [0.15, 0.2) is 6.29 Å². The van der Waals surface area contributed by atoms with Crippen LogP contribution in [-0.2, 0) is 4.74 Å². The maximum absolute atomic E-state index is 12.0. The average Bonchev–Trinajstić information content (AvgIpc) is 2.52. The van der Waals surface area contributed by atoms with Gasteiger partial charge in [-0.2, -0.15) is 0 Å². The molecule has 0 unspecified atom stereocenters. The minimum atomic E-state index is -0.572. The lowest BCUT2D eigenvalue weighted by atomic mass is 10.0. The van der Waals surface area contributed by atoms with Crippen molar-refractivity contribution in [2.24, 2.45) is 5.73 Å². The second kappa shape index (κ2) is 7.55. The number of nitrogens with two attached hydrogens (primary N) is 1. The van der Waals surface area contributed by atoms with Crippen LogP contribution in [0.3, 0.4) is 0 Å². The number of carbonyl (C=O) groups excluding carboxylic acids is 3. The Balaban J connectivity index is 2.09. The van der Waals surface area contributed by atoms with Gasteiger partial charge in [0.25, 0.3) is 0 Å². The SMILES string of the molecule is CC(C)(C)OC(=O)N[C@@H]1CCCN(c2ccc(C(N)=O)cc2C=O)C1. The van der Waals surface area contributed by atoms with E-state index >= 15 is 0 Å². The Labute approximate surface area is 147 Å². The first-order valence-corrected chi connectivity index (χ1v) is 8.33. The molecule has 7 heteroatoms. The van der Waals surface area contributed by atoms with E-state index in [-0.39, 0.29) is 6.04 Å². The predicted octanol–water partition coefficient (Wildman–Crippen LogP) is 2.09. The van der Waals surface area contributed by atoms with E-state index in [1.807, 2.05) is 25.7 Å². The number of primary amides is 1. The van der Waals surface area contributed by atoms with Gasteiger partial charge in [0.05, 0.1) is 0 Å². The molecule has 0 bridgehead atoms. The molecule has 1 fully saturated rings. The number of anilines is 1. The lowest BCUT2D eigenvalue weighted by Gasteiger charge is -2.35. The van der Waals surface area contributed by atoms with Crippen LogP contribution in [0, 0.1) is 0 Å². The predicted molar refractivity (Wildman–Crippen MR) is 95.0 cm³/mol. The summed E-state index contributed by atoms with van der Waals surface area (Å²) in [6.07, 6.45) is 1.98. The number of amides is 2. The number of nitrogens with zero attached hydrogens (tertiary/aromatic N) is 1. The summed E-state index contributed by atoms with van der Waals surface area (Å²) in [6, 6.07) is 4.75. The van der Waals surface area contributed by atoms with Crippen molar-refractivity contribution in [1.82, 2.24) is 5.32 Å². The van der Waals surface area contributed by atoms with E-state index in [4.69, 9.17) is 10.5 Å². The van der Waals surface area contributed by atoms with Crippen LogP contribution in [0.1, 0.15) is 54.3 Å². The Morgan fingerprint density at radius 1 is 1.36 bits per heavy atom. The van der Waals surface area contributed by atoms with Crippen LogP contribution in [0.25, 0.3) is 0 Å². The number of rotatable bonds is 4. The van der Waals surface area contributed by atoms with Gasteiger partial charge in [-0.05, 0) is 51.8 Å². The maximum Gasteiger partial charge on any atom is 0.407 e. The molecule has 1 aromatic rings. The molecule has 25 heavy (non-hydrogen) atoms. The van der Waals surface area contributed by atoms with Crippen molar-refractivity contribution in [1.29, 1.82) is 0 Å². The number of alkyl carbamates (subject to hydrolysis) is 1. The molecule has 0 radical (unpaired) electrons. The van der Waals surface area contributed by atoms with Crippen molar-refractivity contribution >= 4 is 24.0 Å². The lowest BCUT2D eigenvalue weighted by Crippen LogP contribution is -2.49. The molecule has 1 aliphatic heterocycles. The fourth-order valence-electron chi connectivity index (χ4n) is 2.88. The number of aldehydes is 1. The summed E-state index contributed by atoms with van der Waals surface area (Å²) in [4.78, 5) is 36.6. The van der Waals surface area contributed by atoms with Gasteiger partial charge in [0.2, 0.25) is 5.91 Å². The fourth-order valence-corrected chi connectivity index (χ4v) is 2.88. The smallest absolute Gasteiger partial charge is 0.407 e. The van der Waals surface area contributed by atoms with E-state index in [1.165, 1.54) is 6.07 Å². The van der Waals surface area contributed by atoms with Crippen molar-refractivity contribution in [2.45, 2.75) is 45.3 Å². The molecule has 0 spiro atoms. The molecule has 0 saturated carbocycles. The van der Waals surface area contributed by atoms with E-state index in [0.29, 0.717) is 24.0 Å². The molecule has 1 heterocycles. The summed E-state index contributed by atoms with van der Waals surface area (Å²) in [6.45, 7) is 6.78. The van der Waals surface area contributed by atoms with Crippen molar-refractivity contribution in [3.8, 4) is 0 Å². The fraction of sp³-hybridized carbons (Fsp3) is 0.500. The second-order valence-electron chi connectivity index (χ2n) is 7.19. The second-order valence-corrected chi connectivity index (χ2v) is 7.19. The number of hydrogen-bond acceptors (Lipinski definition) is 5. The first kappa shape index (κ1) is 18.8. The van der Waals surface area contributed by atoms with Crippen LogP contribution < -0.4 is 16.0 Å². The molecular formula is C18H25N3O4. The Hall–Kier alpha value is -2.57. The molecule has 2 rings (SSSR count). The summed E-state index contributed by atoms with van der Waals surface area (Å²) >= 11 is 0. The molecular weight excluding hydrogens is 322 g/mol. The lowest BCUT2D eigenvalue weighted by molar-refractivity contribution is 0.0499. The number of nitrogens with one attached hydrogen (secondary N) is 1. The van der Waals surface area contributed by atoms with Crippen LogP contribution in [-0.4, -0.2) is 43.0 Å². The molecule has 2 amide bonds. The number of hydrogen-bond donors (Lipinski definition) is 2. The first-order valence-electron chi connectivity index (χ1n) is 8.33. The zero-order chi connectivity index (χ0) is 18.6. The molecule has 0 aliphatic carbocycles. The third kappa shape index (κ3) is 5.20. The van der Waals surface area contributed by atoms with Gasteiger partial charge in [-0.1, -0.05) is 0 Å². The molecule has 136 valence electrons. The zero-order valence-corrected chi connectivity index (χ0v) is 14.9. The molecule has 1 aliphatic rings. The Morgan fingerprint density at radius 3 is 2.68 bits per heavy atom. The summed E-state index contributed by atoms with van der Waals surface area (Å²) < 4.78 is 5.29. The number of benzene rings is 1. The normalized spacial score (nSPS) is 17.7. The monoisotopic (exact) mass is 347 g/mol. The van der Waals surface area contributed by atoms with Crippen molar-refractivity contribution in [3.05, 3.63) is 29.3 Å². The standard InChI is InChI=1S/C18H25N3O4/c1-18(2,3)25-17(24)20-14-5-4-8-21(10-14)15-7-6-12(16(19)23)9-13(15)11-22/h6-7,9,11,14H,4-5,8,10H2,1-3H3,(H2,19,23)(H,20,24)/t14-/m1/s1. The van der Waals surface area contributed by atoms with E-state index in [0.717, 1.165) is 25.1 Å². The van der Waals surface area contributed by atoms with Gasteiger partial charge in [-0.15, -0.1) is 0 Å². The Morgan fingerprint density at radius 2 is 2.08 bits per heavy atom. The molecule has 1 saturated heterocycles. The summed E-state index contributed by atoms with van der Waals surface area (Å²) in [7, 11) is 0. The van der Waals surface area contributed by atoms with Crippen LogP contribution in [0.5, 0.6) is 0 Å². The number of carbonyl (C=O) groups is 3. The quantitative estimate of drug-likeness (QED) is 0.812. The van der Waals surface area contributed by atoms with Crippen LogP contribution in [0.15, 0.2) is 18.2 Å². The molecule has 1 aromatic carbocycles. The van der Waals surface area contributed by atoms with E-state index in [9.17, 15) is 14.4 Å². The number of ether oxygens (including phenoxy) is 1. The van der Waals surface area contributed by atoms with Gasteiger partial charge in [0.1, 0.15) is 5.60 Å². The Kier molecular flexibility index (Phi) is 5.66. The van der Waals surface area contributed by atoms with Crippen LogP contribution in [0.2, 0.25) is 0 Å². The van der Waals surface area contributed by atoms with Crippen LogP contribution >= 0.6 is 0 Å². The maximum atomic E-state index is 12.0. The molecule has 1 atom stereocenters.